The number of nitrogens with zero attached hydrogens (tertiary/aromatic N) is 2. The van der Waals surface area contributed by atoms with Gasteiger partial charge in [-0.25, -0.2) is 4.79 Å². The van der Waals surface area contributed by atoms with Gasteiger partial charge in [0.05, 0.1) is 0 Å². The van der Waals surface area contributed by atoms with E-state index in [-0.39, 0.29) is 4.86 Å². The number of aliphatic carboxylic acids is 1. The van der Waals surface area contributed by atoms with Crippen molar-refractivity contribution >= 4 is 5.97 Å². The number of carboxylic acids is 1. The van der Waals surface area contributed by atoms with Gasteiger partial charge in [0.1, 0.15) is 7.11 Å². The van der Waals surface area contributed by atoms with Crippen molar-refractivity contribution in [3.8, 4) is 0 Å². The molecule has 0 rings (SSSR count). The first-order valence-electron chi connectivity index (χ1n) is 2.07. The monoisotopic (exact) mass is 134 g/mol. The van der Waals surface area contributed by atoms with Gasteiger partial charge in [-0.3, -0.25) is 0 Å². The molecule has 6 nitrogen and oxygen atoms in total. The van der Waals surface area contributed by atoms with Crippen LogP contribution in [0.25, 0.3) is 0 Å². The average Bonchev–Trinajstić information content (AvgIpc) is 1.63. The van der Waals surface area contributed by atoms with Gasteiger partial charge in [0.25, 0.3) is 6.54 Å². The molecule has 0 aromatic heterocycles. The molecule has 0 saturated heterocycles. The van der Waals surface area contributed by atoms with Crippen LogP contribution in [-0.2, 0) is 9.63 Å². The Labute approximate surface area is 50.9 Å². The molecule has 0 aliphatic carbocycles. The second-order valence-corrected chi connectivity index (χ2v) is 1.17. The van der Waals surface area contributed by atoms with Gasteiger partial charge in [-0.05, 0) is 4.86 Å². The van der Waals surface area contributed by atoms with Crippen LogP contribution < -0.4 is 0 Å². The number of carboxylic acid groups (broad SMARTS) is 1. The van der Waals surface area contributed by atoms with Gasteiger partial charge in [-0.2, -0.15) is 0 Å². The van der Waals surface area contributed by atoms with Crippen LogP contribution in [0.5, 0.6) is 0 Å². The zero-order valence-corrected chi connectivity index (χ0v) is 4.77. The molecule has 0 aliphatic rings. The molecule has 52 valence electrons. The fraction of sp³-hybridized carbons (Fsp3) is 0.667. The fourth-order valence-electron chi connectivity index (χ4n) is 0.236. The molecule has 0 aromatic rings. The van der Waals surface area contributed by atoms with Gasteiger partial charge in [0, 0.05) is 0 Å². The van der Waals surface area contributed by atoms with E-state index in [1.807, 2.05) is 0 Å². The number of hydrogen-bond donors (Lipinski definition) is 1. The Morgan fingerprint density at radius 3 is 2.89 bits per heavy atom. The molecule has 6 heteroatoms. The van der Waals surface area contributed by atoms with Crippen LogP contribution in [0.15, 0.2) is 5.28 Å². The summed E-state index contributed by atoms with van der Waals surface area (Å²) in [5.74, 6) is -1.24. The topological polar surface area (TPSA) is 85.0 Å². The maximum Gasteiger partial charge on any atom is 0.373 e. The molecular weight excluding hydrogens is 128 g/mol. The van der Waals surface area contributed by atoms with Crippen LogP contribution in [-0.4, -0.2) is 29.6 Å². The quantitative estimate of drug-likeness (QED) is 0.323. The highest BCUT2D eigenvalue weighted by Crippen LogP contribution is 1.75. The predicted molar refractivity (Wildman–Crippen MR) is 25.6 cm³/mol. The van der Waals surface area contributed by atoms with E-state index in [9.17, 15) is 10.0 Å². The van der Waals surface area contributed by atoms with Crippen molar-refractivity contribution in [2.75, 3.05) is 13.7 Å². The lowest BCUT2D eigenvalue weighted by atomic mass is 10.7. The summed E-state index contributed by atoms with van der Waals surface area (Å²) in [7, 11) is 1.16. The normalized spacial score (nSPS) is 11.0. The molecule has 0 aromatic carbocycles. The second kappa shape index (κ2) is 3.65. The van der Waals surface area contributed by atoms with Crippen molar-refractivity contribution in [3.63, 3.8) is 0 Å². The van der Waals surface area contributed by atoms with Gasteiger partial charge in [-0.15, -0.1) is 0 Å². The minimum Gasteiger partial charge on any atom is -0.597 e. The lowest BCUT2D eigenvalue weighted by Gasteiger charge is -1.92. The maximum absolute atomic E-state index is 10.1. The molecule has 0 aliphatic heterocycles. The molecule has 0 spiro atoms. The van der Waals surface area contributed by atoms with E-state index in [1.54, 1.807) is 0 Å². The lowest BCUT2D eigenvalue weighted by Crippen LogP contribution is -2.13. The standard InChI is InChI=1S/C3H6N2O4/c1-9-4-5(8)2-3(6)7/h2H2,1H3,(H,6,7)/b5-4-. The zero-order valence-electron chi connectivity index (χ0n) is 4.77. The Morgan fingerprint density at radius 1 is 2.00 bits per heavy atom. The van der Waals surface area contributed by atoms with E-state index < -0.39 is 12.5 Å². The second-order valence-electron chi connectivity index (χ2n) is 1.17. The van der Waals surface area contributed by atoms with Crippen molar-refractivity contribution in [1.29, 1.82) is 0 Å². The molecule has 0 heterocycles. The molecule has 0 bridgehead atoms. The zero-order chi connectivity index (χ0) is 7.28. The van der Waals surface area contributed by atoms with Crippen LogP contribution in [0.2, 0.25) is 0 Å². The SMILES string of the molecule is CO/N=[N+](\[O-])CC(=O)O. The Balaban J connectivity index is 3.62. The summed E-state index contributed by atoms with van der Waals surface area (Å²) >= 11 is 0. The van der Waals surface area contributed by atoms with Crippen molar-refractivity contribution in [1.82, 2.24) is 0 Å². The largest absolute Gasteiger partial charge is 0.597 e. The molecule has 0 fully saturated rings. The average molecular weight is 134 g/mol. The molecule has 0 atom stereocenters. The number of carbonyl (C=O) groups is 1. The first kappa shape index (κ1) is 7.67. The van der Waals surface area contributed by atoms with E-state index >= 15 is 0 Å². The lowest BCUT2D eigenvalue weighted by molar-refractivity contribution is -0.548. The highest BCUT2D eigenvalue weighted by molar-refractivity contribution is 5.67. The van der Waals surface area contributed by atoms with Gasteiger partial charge in [0.15, 0.2) is 5.28 Å². The Hall–Kier alpha value is -1.33. The molecular formula is C3H6N2O4. The van der Waals surface area contributed by atoms with Crippen LogP contribution in [0.3, 0.4) is 0 Å². The van der Waals surface area contributed by atoms with E-state index in [1.165, 1.54) is 0 Å². The van der Waals surface area contributed by atoms with Gasteiger partial charge >= 0.3 is 5.97 Å². The summed E-state index contributed by atoms with van der Waals surface area (Å²) in [4.78, 5) is 13.6. The smallest absolute Gasteiger partial charge is 0.373 e. The van der Waals surface area contributed by atoms with E-state index in [0.29, 0.717) is 0 Å². The summed E-state index contributed by atoms with van der Waals surface area (Å²) in [6, 6.07) is 0. The van der Waals surface area contributed by atoms with Crippen LogP contribution in [0.4, 0.5) is 0 Å². The molecule has 0 unspecified atom stereocenters. The van der Waals surface area contributed by atoms with Crippen molar-refractivity contribution in [3.05, 3.63) is 5.21 Å². The van der Waals surface area contributed by atoms with E-state index in [2.05, 4.69) is 10.1 Å². The Kier molecular flexibility index (Phi) is 3.11. The highest BCUT2D eigenvalue weighted by Gasteiger charge is 2.03. The number of rotatable bonds is 3. The van der Waals surface area contributed by atoms with Crippen LogP contribution >= 0.6 is 0 Å². The van der Waals surface area contributed by atoms with E-state index in [0.717, 1.165) is 7.11 Å². The summed E-state index contributed by atoms with van der Waals surface area (Å²) in [5.41, 5.74) is 0. The van der Waals surface area contributed by atoms with E-state index in [4.69, 9.17) is 5.11 Å². The fourth-order valence-corrected chi connectivity index (χ4v) is 0.236. The first-order valence-corrected chi connectivity index (χ1v) is 2.07. The number of hydrogen-bond acceptors (Lipinski definition) is 4. The van der Waals surface area contributed by atoms with Crippen molar-refractivity contribution in [2.24, 2.45) is 5.28 Å². The summed E-state index contributed by atoms with van der Waals surface area (Å²) in [5, 5.41) is 20.8. The summed E-state index contributed by atoms with van der Waals surface area (Å²) < 4.78 is 0. The predicted octanol–water partition coefficient (Wildman–Crippen LogP) is -0.405. The Bertz CT molecular complexity index is 132. The molecule has 0 radical (unpaired) electrons. The highest BCUT2D eigenvalue weighted by atomic mass is 16.7. The van der Waals surface area contributed by atoms with Gasteiger partial charge < -0.3 is 15.2 Å². The molecule has 1 N–H and O–H groups in total. The minimum atomic E-state index is -1.24. The maximum atomic E-state index is 10.1. The molecule has 0 saturated carbocycles. The third-order valence-corrected chi connectivity index (χ3v) is 0.443. The van der Waals surface area contributed by atoms with Crippen molar-refractivity contribution in [2.45, 2.75) is 0 Å². The minimum absolute atomic E-state index is 0.0671. The molecule has 9 heavy (non-hydrogen) atoms. The van der Waals surface area contributed by atoms with Crippen LogP contribution in [0.1, 0.15) is 0 Å². The summed E-state index contributed by atoms with van der Waals surface area (Å²) in [6.07, 6.45) is 0. The third kappa shape index (κ3) is 4.52. The van der Waals surface area contributed by atoms with Crippen LogP contribution in [0, 0.1) is 5.21 Å². The number of hydroxylamine groups is 1. The third-order valence-electron chi connectivity index (χ3n) is 0.443. The first-order chi connectivity index (χ1) is 4.16. The molecule has 0 amide bonds. The van der Waals surface area contributed by atoms with Crippen molar-refractivity contribution < 1.29 is 19.6 Å². The Morgan fingerprint density at radius 2 is 2.56 bits per heavy atom. The van der Waals surface area contributed by atoms with Gasteiger partial charge in [-0.1, -0.05) is 0 Å². The summed E-state index contributed by atoms with van der Waals surface area (Å²) in [6.45, 7) is -0.701. The van der Waals surface area contributed by atoms with Gasteiger partial charge in [0.2, 0.25) is 0 Å².